The summed E-state index contributed by atoms with van der Waals surface area (Å²) >= 11 is 5.72. The normalized spacial score (nSPS) is 20.2. The number of rotatable bonds is 2. The van der Waals surface area contributed by atoms with Crippen molar-refractivity contribution in [3.63, 3.8) is 0 Å². The number of hydrogen-bond donors (Lipinski definition) is 2. The van der Waals surface area contributed by atoms with Gasteiger partial charge in [0.2, 0.25) is 5.95 Å². The molecule has 14 heavy (non-hydrogen) atoms. The summed E-state index contributed by atoms with van der Waals surface area (Å²) in [5.41, 5.74) is 0. The third-order valence-electron chi connectivity index (χ3n) is 2.02. The molecule has 1 aliphatic rings. The van der Waals surface area contributed by atoms with Gasteiger partial charge in [0.15, 0.2) is 0 Å². The van der Waals surface area contributed by atoms with Crippen LogP contribution in [0.3, 0.4) is 0 Å². The summed E-state index contributed by atoms with van der Waals surface area (Å²) in [5.74, 6) is 0.612. The molecule has 2 heterocycles. The van der Waals surface area contributed by atoms with Crippen LogP contribution in [0.5, 0.6) is 0 Å². The molecule has 78 valence electrons. The summed E-state index contributed by atoms with van der Waals surface area (Å²) in [7, 11) is 0. The van der Waals surface area contributed by atoms with Crippen molar-refractivity contribution in [3.8, 4) is 0 Å². The Morgan fingerprint density at radius 3 is 3.07 bits per heavy atom. The zero-order chi connectivity index (χ0) is 9.10. The lowest BCUT2D eigenvalue weighted by molar-refractivity contribution is 0.780. The van der Waals surface area contributed by atoms with Crippen LogP contribution in [0.2, 0.25) is 5.15 Å². The molecule has 0 saturated carbocycles. The van der Waals surface area contributed by atoms with Gasteiger partial charge in [-0.2, -0.15) is 0 Å². The van der Waals surface area contributed by atoms with Crippen LogP contribution in [0.15, 0.2) is 12.3 Å². The second-order valence-corrected chi connectivity index (χ2v) is 3.42. The molecule has 1 saturated heterocycles. The van der Waals surface area contributed by atoms with Gasteiger partial charge in [-0.05, 0) is 19.0 Å². The first kappa shape index (κ1) is 11.5. The van der Waals surface area contributed by atoms with Gasteiger partial charge < -0.3 is 10.6 Å². The van der Waals surface area contributed by atoms with Crippen molar-refractivity contribution in [1.29, 1.82) is 0 Å². The van der Waals surface area contributed by atoms with Gasteiger partial charge >= 0.3 is 0 Å². The third-order valence-corrected chi connectivity index (χ3v) is 2.23. The maximum Gasteiger partial charge on any atom is 0.224 e. The Balaban J connectivity index is 0.000000980. The molecule has 1 aliphatic heterocycles. The maximum absolute atomic E-state index is 5.72. The van der Waals surface area contributed by atoms with Crippen LogP contribution in [0, 0.1) is 0 Å². The van der Waals surface area contributed by atoms with Crippen LogP contribution in [0.4, 0.5) is 5.95 Å². The molecule has 0 spiro atoms. The van der Waals surface area contributed by atoms with E-state index in [1.54, 1.807) is 12.3 Å². The van der Waals surface area contributed by atoms with Crippen molar-refractivity contribution >= 4 is 30.0 Å². The topological polar surface area (TPSA) is 49.8 Å². The van der Waals surface area contributed by atoms with E-state index in [0.717, 1.165) is 19.5 Å². The quantitative estimate of drug-likeness (QED) is 0.759. The molecule has 1 aromatic heterocycles. The third kappa shape index (κ3) is 2.97. The number of halogens is 2. The Hall–Kier alpha value is -0.580. The Morgan fingerprint density at radius 2 is 2.43 bits per heavy atom. The van der Waals surface area contributed by atoms with E-state index in [1.165, 1.54) is 0 Å². The average molecular weight is 235 g/mol. The van der Waals surface area contributed by atoms with E-state index in [4.69, 9.17) is 11.6 Å². The van der Waals surface area contributed by atoms with Crippen LogP contribution >= 0.6 is 24.0 Å². The SMILES string of the molecule is Cl.Clc1ccnc(NC2CCNC2)n1. The molecule has 6 heteroatoms. The van der Waals surface area contributed by atoms with Gasteiger partial charge in [-0.15, -0.1) is 12.4 Å². The van der Waals surface area contributed by atoms with Gasteiger partial charge in [0.05, 0.1) is 0 Å². The molecular weight excluding hydrogens is 223 g/mol. The van der Waals surface area contributed by atoms with Crippen LogP contribution in [0.1, 0.15) is 6.42 Å². The van der Waals surface area contributed by atoms with E-state index in [2.05, 4.69) is 20.6 Å². The molecular formula is C8H12Cl2N4. The summed E-state index contributed by atoms with van der Waals surface area (Å²) < 4.78 is 0. The maximum atomic E-state index is 5.72. The summed E-state index contributed by atoms with van der Waals surface area (Å²) in [6, 6.07) is 2.10. The van der Waals surface area contributed by atoms with E-state index in [0.29, 0.717) is 17.1 Å². The first-order valence-electron chi connectivity index (χ1n) is 4.30. The van der Waals surface area contributed by atoms with Crippen LogP contribution in [-0.4, -0.2) is 29.1 Å². The van der Waals surface area contributed by atoms with Crippen molar-refractivity contribution < 1.29 is 0 Å². The average Bonchev–Trinajstić information content (AvgIpc) is 2.57. The van der Waals surface area contributed by atoms with Gasteiger partial charge in [-0.3, -0.25) is 0 Å². The van der Waals surface area contributed by atoms with Crippen molar-refractivity contribution in [2.24, 2.45) is 0 Å². The largest absolute Gasteiger partial charge is 0.350 e. The Morgan fingerprint density at radius 1 is 1.57 bits per heavy atom. The van der Waals surface area contributed by atoms with E-state index in [9.17, 15) is 0 Å². The Labute approximate surface area is 93.9 Å². The van der Waals surface area contributed by atoms with Gasteiger partial charge in [-0.1, -0.05) is 11.6 Å². The Bertz CT molecular complexity index is 288. The van der Waals surface area contributed by atoms with Gasteiger partial charge in [0, 0.05) is 18.8 Å². The second kappa shape index (κ2) is 5.34. The minimum atomic E-state index is 0. The number of nitrogens with zero attached hydrogens (tertiary/aromatic N) is 2. The zero-order valence-corrected chi connectivity index (χ0v) is 9.11. The highest BCUT2D eigenvalue weighted by Crippen LogP contribution is 2.09. The molecule has 0 aromatic carbocycles. The van der Waals surface area contributed by atoms with Crippen molar-refractivity contribution in [3.05, 3.63) is 17.4 Å². The molecule has 0 aliphatic carbocycles. The van der Waals surface area contributed by atoms with Gasteiger partial charge in [0.25, 0.3) is 0 Å². The van der Waals surface area contributed by atoms with E-state index in [1.807, 2.05) is 0 Å². The fourth-order valence-corrected chi connectivity index (χ4v) is 1.50. The predicted molar refractivity (Wildman–Crippen MR) is 59.2 cm³/mol. The monoisotopic (exact) mass is 234 g/mol. The molecule has 1 atom stereocenters. The van der Waals surface area contributed by atoms with E-state index in [-0.39, 0.29) is 12.4 Å². The fourth-order valence-electron chi connectivity index (χ4n) is 1.37. The molecule has 2 rings (SSSR count). The smallest absolute Gasteiger partial charge is 0.224 e. The molecule has 0 radical (unpaired) electrons. The van der Waals surface area contributed by atoms with E-state index < -0.39 is 0 Å². The lowest BCUT2D eigenvalue weighted by Crippen LogP contribution is -2.23. The minimum absolute atomic E-state index is 0. The molecule has 1 unspecified atom stereocenters. The highest BCUT2D eigenvalue weighted by molar-refractivity contribution is 6.29. The van der Waals surface area contributed by atoms with Crippen molar-refractivity contribution in [1.82, 2.24) is 15.3 Å². The summed E-state index contributed by atoms with van der Waals surface area (Å²) in [5, 5.41) is 6.94. The zero-order valence-electron chi connectivity index (χ0n) is 7.53. The number of nitrogens with one attached hydrogen (secondary N) is 2. The van der Waals surface area contributed by atoms with Crippen LogP contribution in [-0.2, 0) is 0 Å². The van der Waals surface area contributed by atoms with Crippen LogP contribution < -0.4 is 10.6 Å². The number of anilines is 1. The van der Waals surface area contributed by atoms with Crippen molar-refractivity contribution in [2.45, 2.75) is 12.5 Å². The first-order chi connectivity index (χ1) is 6.34. The molecule has 2 N–H and O–H groups in total. The predicted octanol–water partition coefficient (Wildman–Crippen LogP) is 1.33. The summed E-state index contributed by atoms with van der Waals surface area (Å²) in [4.78, 5) is 8.12. The van der Waals surface area contributed by atoms with Crippen LogP contribution in [0.25, 0.3) is 0 Å². The second-order valence-electron chi connectivity index (χ2n) is 3.04. The van der Waals surface area contributed by atoms with Crippen molar-refractivity contribution in [2.75, 3.05) is 18.4 Å². The fraction of sp³-hybridized carbons (Fsp3) is 0.500. The highest BCUT2D eigenvalue weighted by Gasteiger charge is 2.14. The van der Waals surface area contributed by atoms with Gasteiger partial charge in [-0.25, -0.2) is 9.97 Å². The standard InChI is InChI=1S/C8H11ClN4.ClH/c9-7-2-4-11-8(13-7)12-6-1-3-10-5-6;/h2,4,6,10H,1,3,5H2,(H,11,12,13);1H. The minimum Gasteiger partial charge on any atom is -0.350 e. The summed E-state index contributed by atoms with van der Waals surface area (Å²) in [6.45, 7) is 2.02. The molecule has 4 nitrogen and oxygen atoms in total. The Kier molecular flexibility index (Phi) is 4.38. The highest BCUT2D eigenvalue weighted by atomic mass is 35.5. The van der Waals surface area contributed by atoms with Gasteiger partial charge in [0.1, 0.15) is 5.15 Å². The molecule has 1 aromatic rings. The number of hydrogen-bond acceptors (Lipinski definition) is 4. The first-order valence-corrected chi connectivity index (χ1v) is 4.68. The molecule has 0 bridgehead atoms. The summed E-state index contributed by atoms with van der Waals surface area (Å²) in [6.07, 6.45) is 2.76. The number of aromatic nitrogens is 2. The lowest BCUT2D eigenvalue weighted by Gasteiger charge is -2.10. The lowest BCUT2D eigenvalue weighted by atomic mass is 10.3. The van der Waals surface area contributed by atoms with E-state index >= 15 is 0 Å². The molecule has 1 fully saturated rings. The molecule has 0 amide bonds.